The SMILES string of the molecule is Cc1ccc(=O)n(CC(=O)c2cc(C)sc2C)n1. The summed E-state index contributed by atoms with van der Waals surface area (Å²) in [6.45, 7) is 5.67. The van der Waals surface area contributed by atoms with Crippen molar-refractivity contribution in [3.63, 3.8) is 0 Å². The average molecular weight is 262 g/mol. The highest BCUT2D eigenvalue weighted by molar-refractivity contribution is 7.12. The molecule has 0 aliphatic rings. The molecule has 0 aromatic carbocycles. The molecule has 0 atom stereocenters. The summed E-state index contributed by atoms with van der Waals surface area (Å²) in [5.41, 5.74) is 1.16. The number of hydrogen-bond acceptors (Lipinski definition) is 4. The average Bonchev–Trinajstić information content (AvgIpc) is 2.63. The minimum absolute atomic E-state index is 0.00245. The van der Waals surface area contributed by atoms with E-state index in [-0.39, 0.29) is 17.9 Å². The lowest BCUT2D eigenvalue weighted by atomic mass is 10.1. The third kappa shape index (κ3) is 2.56. The van der Waals surface area contributed by atoms with Crippen LogP contribution in [0, 0.1) is 20.8 Å². The third-order valence-electron chi connectivity index (χ3n) is 2.63. The van der Waals surface area contributed by atoms with E-state index < -0.39 is 0 Å². The summed E-state index contributed by atoms with van der Waals surface area (Å²) < 4.78 is 1.21. The molecule has 0 spiro atoms. The van der Waals surface area contributed by atoms with Gasteiger partial charge in [0.05, 0.1) is 5.69 Å². The Hall–Kier alpha value is -1.75. The summed E-state index contributed by atoms with van der Waals surface area (Å²) in [7, 11) is 0. The Bertz CT molecular complexity index is 655. The van der Waals surface area contributed by atoms with Crippen molar-refractivity contribution in [3.8, 4) is 0 Å². The minimum atomic E-state index is -0.251. The van der Waals surface area contributed by atoms with Crippen molar-refractivity contribution in [3.05, 3.63) is 49.6 Å². The van der Waals surface area contributed by atoms with Gasteiger partial charge in [-0.2, -0.15) is 5.10 Å². The summed E-state index contributed by atoms with van der Waals surface area (Å²) in [5, 5.41) is 4.06. The Balaban J connectivity index is 2.29. The Morgan fingerprint density at radius 1 is 1.33 bits per heavy atom. The molecule has 0 saturated carbocycles. The van der Waals surface area contributed by atoms with Crippen LogP contribution in [0.25, 0.3) is 0 Å². The van der Waals surface area contributed by atoms with Gasteiger partial charge in [0.1, 0.15) is 6.54 Å². The second-order valence-corrected chi connectivity index (χ2v) is 5.68. The van der Waals surface area contributed by atoms with Gasteiger partial charge in [0.25, 0.3) is 5.56 Å². The Morgan fingerprint density at radius 3 is 2.67 bits per heavy atom. The van der Waals surface area contributed by atoms with Crippen molar-refractivity contribution < 1.29 is 4.79 Å². The number of ketones is 1. The largest absolute Gasteiger partial charge is 0.292 e. The summed E-state index contributed by atoms with van der Waals surface area (Å²) in [4.78, 5) is 25.8. The van der Waals surface area contributed by atoms with Crippen molar-refractivity contribution in [2.75, 3.05) is 0 Å². The molecule has 0 unspecified atom stereocenters. The molecule has 94 valence electrons. The standard InChI is InChI=1S/C13H14N2O2S/c1-8-4-5-13(17)15(14-8)7-12(16)11-6-9(2)18-10(11)3/h4-6H,7H2,1-3H3. The van der Waals surface area contributed by atoms with E-state index in [0.29, 0.717) is 5.56 Å². The molecule has 0 fully saturated rings. The zero-order valence-corrected chi connectivity index (χ0v) is 11.4. The molecule has 0 amide bonds. The minimum Gasteiger partial charge on any atom is -0.292 e. The lowest BCUT2D eigenvalue weighted by Crippen LogP contribution is -2.26. The first-order chi connectivity index (χ1) is 8.47. The first kappa shape index (κ1) is 12.7. The van der Waals surface area contributed by atoms with E-state index in [1.807, 2.05) is 19.9 Å². The Kier molecular flexibility index (Phi) is 3.43. The van der Waals surface area contributed by atoms with Gasteiger partial charge < -0.3 is 0 Å². The van der Waals surface area contributed by atoms with Gasteiger partial charge in [-0.15, -0.1) is 11.3 Å². The van der Waals surface area contributed by atoms with Crippen LogP contribution >= 0.6 is 11.3 Å². The van der Waals surface area contributed by atoms with Gasteiger partial charge in [0, 0.05) is 21.4 Å². The molecule has 0 aliphatic heterocycles. The van der Waals surface area contributed by atoms with Crippen LogP contribution in [-0.2, 0) is 6.54 Å². The highest BCUT2D eigenvalue weighted by Gasteiger charge is 2.13. The monoisotopic (exact) mass is 262 g/mol. The molecule has 5 heteroatoms. The topological polar surface area (TPSA) is 52.0 Å². The van der Waals surface area contributed by atoms with Crippen LogP contribution in [0.1, 0.15) is 25.8 Å². The van der Waals surface area contributed by atoms with Gasteiger partial charge in [-0.25, -0.2) is 4.68 Å². The summed E-state index contributed by atoms with van der Waals surface area (Å²) in [6.07, 6.45) is 0. The second-order valence-electron chi connectivity index (χ2n) is 4.22. The molecular weight excluding hydrogens is 248 g/mol. The zero-order valence-electron chi connectivity index (χ0n) is 10.6. The van der Waals surface area contributed by atoms with Gasteiger partial charge in [0.15, 0.2) is 5.78 Å². The number of thiophene rings is 1. The first-order valence-corrected chi connectivity index (χ1v) is 6.44. The van der Waals surface area contributed by atoms with Crippen LogP contribution in [0.2, 0.25) is 0 Å². The number of aryl methyl sites for hydroxylation is 3. The maximum absolute atomic E-state index is 12.1. The van der Waals surface area contributed by atoms with Gasteiger partial charge in [-0.1, -0.05) is 0 Å². The fraction of sp³-hybridized carbons (Fsp3) is 0.308. The quantitative estimate of drug-likeness (QED) is 0.796. The number of aromatic nitrogens is 2. The maximum Gasteiger partial charge on any atom is 0.267 e. The summed E-state index contributed by atoms with van der Waals surface area (Å²) >= 11 is 1.59. The number of carbonyl (C=O) groups excluding carboxylic acids is 1. The number of nitrogens with zero attached hydrogens (tertiary/aromatic N) is 2. The molecule has 0 aliphatic carbocycles. The Labute approximate surface area is 109 Å². The molecule has 2 heterocycles. The van der Waals surface area contributed by atoms with E-state index in [2.05, 4.69) is 5.10 Å². The Morgan fingerprint density at radius 2 is 2.06 bits per heavy atom. The summed E-state index contributed by atoms with van der Waals surface area (Å²) in [6, 6.07) is 4.94. The highest BCUT2D eigenvalue weighted by atomic mass is 32.1. The normalized spacial score (nSPS) is 10.6. The van der Waals surface area contributed by atoms with E-state index in [9.17, 15) is 9.59 Å². The van der Waals surface area contributed by atoms with Crippen LogP contribution in [-0.4, -0.2) is 15.6 Å². The lowest BCUT2D eigenvalue weighted by molar-refractivity contribution is 0.0965. The number of Topliss-reactive ketones (excluding diaryl/α,β-unsaturated/α-hetero) is 1. The van der Waals surface area contributed by atoms with Crippen LogP contribution < -0.4 is 5.56 Å². The molecule has 0 bridgehead atoms. The van der Waals surface area contributed by atoms with E-state index in [0.717, 1.165) is 15.4 Å². The maximum atomic E-state index is 12.1. The predicted octanol–water partition coefficient (Wildman–Crippen LogP) is 2.11. The fourth-order valence-electron chi connectivity index (χ4n) is 1.79. The van der Waals surface area contributed by atoms with Gasteiger partial charge in [-0.3, -0.25) is 9.59 Å². The molecule has 4 nitrogen and oxygen atoms in total. The third-order valence-corrected chi connectivity index (χ3v) is 3.60. The predicted molar refractivity (Wildman–Crippen MR) is 71.4 cm³/mol. The molecule has 0 saturated heterocycles. The van der Waals surface area contributed by atoms with E-state index in [1.54, 1.807) is 24.3 Å². The fourth-order valence-corrected chi connectivity index (χ4v) is 2.74. The van der Waals surface area contributed by atoms with E-state index >= 15 is 0 Å². The second kappa shape index (κ2) is 4.86. The summed E-state index contributed by atoms with van der Waals surface area (Å²) in [5.74, 6) is -0.0722. The molecule has 0 radical (unpaired) electrons. The van der Waals surface area contributed by atoms with Crippen molar-refractivity contribution in [1.29, 1.82) is 0 Å². The smallest absolute Gasteiger partial charge is 0.267 e. The molecular formula is C13H14N2O2S. The van der Waals surface area contributed by atoms with Crippen LogP contribution in [0.3, 0.4) is 0 Å². The molecule has 2 aromatic rings. The number of carbonyl (C=O) groups is 1. The van der Waals surface area contributed by atoms with E-state index in [4.69, 9.17) is 0 Å². The van der Waals surface area contributed by atoms with Crippen LogP contribution in [0.5, 0.6) is 0 Å². The van der Waals surface area contributed by atoms with Crippen molar-refractivity contribution in [2.45, 2.75) is 27.3 Å². The van der Waals surface area contributed by atoms with Crippen LogP contribution in [0.15, 0.2) is 23.0 Å². The first-order valence-electron chi connectivity index (χ1n) is 5.62. The van der Waals surface area contributed by atoms with Crippen molar-refractivity contribution >= 4 is 17.1 Å². The molecule has 0 N–H and O–H groups in total. The lowest BCUT2D eigenvalue weighted by Gasteiger charge is -2.04. The molecule has 2 aromatic heterocycles. The van der Waals surface area contributed by atoms with Gasteiger partial charge >= 0.3 is 0 Å². The highest BCUT2D eigenvalue weighted by Crippen LogP contribution is 2.21. The number of rotatable bonds is 3. The van der Waals surface area contributed by atoms with Gasteiger partial charge in [0.2, 0.25) is 0 Å². The van der Waals surface area contributed by atoms with Crippen molar-refractivity contribution in [2.24, 2.45) is 0 Å². The molecule has 2 rings (SSSR count). The van der Waals surface area contributed by atoms with Gasteiger partial charge in [-0.05, 0) is 32.9 Å². The number of hydrogen-bond donors (Lipinski definition) is 0. The zero-order chi connectivity index (χ0) is 13.3. The van der Waals surface area contributed by atoms with Crippen molar-refractivity contribution in [1.82, 2.24) is 9.78 Å². The molecule has 18 heavy (non-hydrogen) atoms. The van der Waals surface area contributed by atoms with E-state index in [1.165, 1.54) is 10.7 Å². The van der Waals surface area contributed by atoms with Crippen LogP contribution in [0.4, 0.5) is 0 Å².